The van der Waals surface area contributed by atoms with Crippen molar-refractivity contribution >= 4 is 11.9 Å². The van der Waals surface area contributed by atoms with E-state index in [2.05, 4.69) is 13.8 Å². The summed E-state index contributed by atoms with van der Waals surface area (Å²) in [5.74, 6) is -0.122. The molecule has 0 spiro atoms. The first kappa shape index (κ1) is 37.7. The molecular weight excluding hydrogens is 568 g/mol. The highest BCUT2D eigenvalue weighted by molar-refractivity contribution is 5.80. The molecule has 1 saturated heterocycles. The van der Waals surface area contributed by atoms with Crippen molar-refractivity contribution in [3.63, 3.8) is 0 Å². The van der Waals surface area contributed by atoms with Gasteiger partial charge in [0.2, 0.25) is 5.91 Å². The van der Waals surface area contributed by atoms with Crippen LogP contribution in [0.3, 0.4) is 0 Å². The van der Waals surface area contributed by atoms with E-state index in [4.69, 9.17) is 39.9 Å². The molecule has 44 heavy (non-hydrogen) atoms. The van der Waals surface area contributed by atoms with Crippen molar-refractivity contribution in [1.82, 2.24) is 0 Å². The maximum absolute atomic E-state index is 13.4. The highest BCUT2D eigenvalue weighted by Crippen LogP contribution is 2.32. The van der Waals surface area contributed by atoms with E-state index >= 15 is 0 Å². The molecule has 0 saturated carbocycles. The zero-order chi connectivity index (χ0) is 32.8. The van der Waals surface area contributed by atoms with Gasteiger partial charge in [0, 0.05) is 33.3 Å². The van der Waals surface area contributed by atoms with Crippen LogP contribution in [-0.2, 0) is 35.0 Å². The molecule has 0 radical (unpaired) electrons. The molecule has 1 aromatic carbocycles. The quantitative estimate of drug-likeness (QED) is 0.154. The average molecular weight is 625 g/mol. The minimum atomic E-state index is -1.06. The molecule has 252 valence electrons. The van der Waals surface area contributed by atoms with E-state index in [0.29, 0.717) is 49.9 Å². The molecule has 2 rings (SSSR count). The summed E-state index contributed by atoms with van der Waals surface area (Å²) >= 11 is 0. The van der Waals surface area contributed by atoms with Crippen molar-refractivity contribution in [2.75, 3.05) is 41.2 Å². The molecule has 11 heteroatoms. The average Bonchev–Trinajstić information content (AvgIpc) is 3.19. The standard InChI is InChI=1S/C33H56N2O9/c1-20(2)23(15-22-9-11-28(41-7)30(16-22)42-14-8-13-39-5)17-26(34)27(36)18-25(21(3)4)33(38)44-29-12-10-24(40-6)19-43-31(29)32(35)37/h9,11,16,20-21,23-27,29,31,36H,8,10,12-15,17-19,34H2,1-7H3,(H2,35,37). The number of carbonyl (C=O) groups excluding carboxylic acids is 2. The van der Waals surface area contributed by atoms with Crippen LogP contribution < -0.4 is 20.9 Å². The Morgan fingerprint density at radius 3 is 2.34 bits per heavy atom. The Kier molecular flexibility index (Phi) is 16.4. The molecule has 5 N–H and O–H groups in total. The molecule has 0 aromatic heterocycles. The lowest BCUT2D eigenvalue weighted by atomic mass is 9.81. The van der Waals surface area contributed by atoms with Crippen LogP contribution in [0, 0.1) is 23.7 Å². The van der Waals surface area contributed by atoms with Gasteiger partial charge in [0.05, 0.1) is 38.4 Å². The van der Waals surface area contributed by atoms with Crippen LogP contribution in [-0.4, -0.2) is 88.6 Å². The summed E-state index contributed by atoms with van der Waals surface area (Å²) in [6, 6.07) is 5.37. The van der Waals surface area contributed by atoms with Crippen LogP contribution in [0.15, 0.2) is 18.2 Å². The van der Waals surface area contributed by atoms with Gasteiger partial charge in [-0.05, 0) is 67.6 Å². The first-order chi connectivity index (χ1) is 20.9. The fourth-order valence-electron chi connectivity index (χ4n) is 5.53. The molecule has 0 aliphatic carbocycles. The van der Waals surface area contributed by atoms with Crippen LogP contribution >= 0.6 is 0 Å². The van der Waals surface area contributed by atoms with E-state index in [0.717, 1.165) is 18.4 Å². The fourth-order valence-corrected chi connectivity index (χ4v) is 5.53. The van der Waals surface area contributed by atoms with E-state index < -0.39 is 42.1 Å². The summed E-state index contributed by atoms with van der Waals surface area (Å²) < 4.78 is 33.4. The number of methoxy groups -OCH3 is 3. The van der Waals surface area contributed by atoms with Crippen LogP contribution in [0.5, 0.6) is 11.5 Å². The van der Waals surface area contributed by atoms with Crippen molar-refractivity contribution < 1.29 is 43.1 Å². The summed E-state index contributed by atoms with van der Waals surface area (Å²) in [5, 5.41) is 11.2. The minimum absolute atomic E-state index is 0.127. The molecule has 1 heterocycles. The topological polar surface area (TPSA) is 162 Å². The Morgan fingerprint density at radius 1 is 1.02 bits per heavy atom. The predicted molar refractivity (Wildman–Crippen MR) is 167 cm³/mol. The van der Waals surface area contributed by atoms with Crippen molar-refractivity contribution in [1.29, 1.82) is 0 Å². The summed E-state index contributed by atoms with van der Waals surface area (Å²) in [4.78, 5) is 25.4. The predicted octanol–water partition coefficient (Wildman–Crippen LogP) is 3.26. The van der Waals surface area contributed by atoms with Gasteiger partial charge in [0.25, 0.3) is 0 Å². The summed E-state index contributed by atoms with van der Waals surface area (Å²) in [7, 11) is 4.85. The third-order valence-corrected chi connectivity index (χ3v) is 8.54. The second-order valence-corrected chi connectivity index (χ2v) is 12.5. The van der Waals surface area contributed by atoms with Gasteiger partial charge in [-0.15, -0.1) is 0 Å². The van der Waals surface area contributed by atoms with Gasteiger partial charge in [0.1, 0.15) is 6.10 Å². The van der Waals surface area contributed by atoms with Crippen molar-refractivity contribution in [3.8, 4) is 11.5 Å². The molecule has 1 aliphatic rings. The van der Waals surface area contributed by atoms with E-state index in [1.807, 2.05) is 32.0 Å². The van der Waals surface area contributed by atoms with Gasteiger partial charge >= 0.3 is 5.97 Å². The molecule has 1 aromatic rings. The second-order valence-electron chi connectivity index (χ2n) is 12.5. The highest BCUT2D eigenvalue weighted by Gasteiger charge is 2.38. The molecule has 7 unspecified atom stereocenters. The third-order valence-electron chi connectivity index (χ3n) is 8.54. The molecule has 7 atom stereocenters. The lowest BCUT2D eigenvalue weighted by molar-refractivity contribution is -0.167. The van der Waals surface area contributed by atoms with Crippen molar-refractivity contribution in [3.05, 3.63) is 23.8 Å². The van der Waals surface area contributed by atoms with Gasteiger partial charge in [-0.3, -0.25) is 9.59 Å². The maximum Gasteiger partial charge on any atom is 0.309 e. The number of aliphatic hydroxyl groups excluding tert-OH is 1. The zero-order valence-electron chi connectivity index (χ0n) is 27.7. The number of benzene rings is 1. The van der Waals surface area contributed by atoms with Crippen LogP contribution in [0.1, 0.15) is 65.4 Å². The van der Waals surface area contributed by atoms with Gasteiger partial charge in [-0.25, -0.2) is 0 Å². The Morgan fingerprint density at radius 2 is 1.75 bits per heavy atom. The molecule has 1 amide bonds. The van der Waals surface area contributed by atoms with Crippen LogP contribution in [0.25, 0.3) is 0 Å². The Labute approximate surface area is 263 Å². The second kappa shape index (κ2) is 19.2. The SMILES string of the molecule is COCCCOc1cc(CC(CC(N)C(O)CC(C(=O)OC2CCC(OC)COC2C(N)=O)C(C)C)C(C)C)ccc1OC. The summed E-state index contributed by atoms with van der Waals surface area (Å²) in [6.07, 6.45) is 0.130. The normalized spacial score (nSPS) is 21.8. The number of aliphatic hydroxyl groups is 1. The van der Waals surface area contributed by atoms with E-state index in [1.54, 1.807) is 21.3 Å². The van der Waals surface area contributed by atoms with E-state index in [-0.39, 0.29) is 31.0 Å². The van der Waals surface area contributed by atoms with Crippen molar-refractivity contribution in [2.24, 2.45) is 35.1 Å². The number of ether oxygens (including phenoxy) is 6. The monoisotopic (exact) mass is 624 g/mol. The summed E-state index contributed by atoms with van der Waals surface area (Å²) in [5.41, 5.74) is 13.2. The first-order valence-electron chi connectivity index (χ1n) is 15.8. The summed E-state index contributed by atoms with van der Waals surface area (Å²) in [6.45, 7) is 9.40. The Hall–Kier alpha value is -2.44. The number of carbonyl (C=O) groups is 2. The molecule has 0 bridgehead atoms. The van der Waals surface area contributed by atoms with E-state index in [9.17, 15) is 14.7 Å². The van der Waals surface area contributed by atoms with Gasteiger partial charge in [0.15, 0.2) is 17.6 Å². The largest absolute Gasteiger partial charge is 0.493 e. The molecule has 1 fully saturated rings. The van der Waals surface area contributed by atoms with E-state index in [1.165, 1.54) is 0 Å². The van der Waals surface area contributed by atoms with Gasteiger partial charge in [-0.2, -0.15) is 0 Å². The first-order valence-corrected chi connectivity index (χ1v) is 15.8. The number of nitrogens with two attached hydrogens (primary N) is 2. The number of esters is 1. The highest BCUT2D eigenvalue weighted by atomic mass is 16.6. The van der Waals surface area contributed by atoms with Crippen LogP contribution in [0.2, 0.25) is 0 Å². The molecule has 1 aliphatic heterocycles. The Bertz CT molecular complexity index is 1010. The van der Waals surface area contributed by atoms with Crippen molar-refractivity contribution in [2.45, 2.75) is 96.7 Å². The smallest absolute Gasteiger partial charge is 0.309 e. The number of hydrogen-bond donors (Lipinski definition) is 3. The lowest BCUT2D eigenvalue weighted by Crippen LogP contribution is -2.45. The lowest BCUT2D eigenvalue weighted by Gasteiger charge is -2.31. The molecular formula is C33H56N2O9. The van der Waals surface area contributed by atoms with Gasteiger partial charge < -0.3 is 45.0 Å². The number of amides is 1. The number of hydrogen-bond acceptors (Lipinski definition) is 10. The number of rotatable bonds is 19. The zero-order valence-corrected chi connectivity index (χ0v) is 27.7. The fraction of sp³-hybridized carbons (Fsp3) is 0.758. The maximum atomic E-state index is 13.4. The van der Waals surface area contributed by atoms with Gasteiger partial charge in [-0.1, -0.05) is 33.8 Å². The molecule has 11 nitrogen and oxygen atoms in total. The third kappa shape index (κ3) is 11.8. The minimum Gasteiger partial charge on any atom is -0.493 e. The number of primary amides is 1. The van der Waals surface area contributed by atoms with Crippen LogP contribution in [0.4, 0.5) is 0 Å². The Balaban J connectivity index is 2.07.